The zero-order valence-corrected chi connectivity index (χ0v) is 12.3. The smallest absolute Gasteiger partial charge is 0.308 e. The lowest BCUT2D eigenvalue weighted by Gasteiger charge is -2.13. The van der Waals surface area contributed by atoms with Gasteiger partial charge in [-0.25, -0.2) is 0 Å². The molecular formula is C14H26O6. The molecule has 0 heterocycles. The van der Waals surface area contributed by atoms with Crippen molar-refractivity contribution in [3.63, 3.8) is 0 Å². The number of hydrogen-bond acceptors (Lipinski definition) is 6. The molecule has 0 saturated carbocycles. The Morgan fingerprint density at radius 2 is 1.20 bits per heavy atom. The first kappa shape index (κ1) is 18.9. The van der Waals surface area contributed by atoms with Gasteiger partial charge in [0, 0.05) is 12.8 Å². The molecule has 0 radical (unpaired) electrons. The molecule has 2 atom stereocenters. The molecule has 6 nitrogen and oxygen atoms in total. The van der Waals surface area contributed by atoms with Crippen LogP contribution in [0.1, 0.15) is 65.2 Å². The predicted octanol–water partition coefficient (Wildman–Crippen LogP) is 1.87. The molecule has 118 valence electrons. The fourth-order valence-electron chi connectivity index (χ4n) is 1.50. The lowest BCUT2D eigenvalue weighted by atomic mass is 10.2. The number of ether oxygens (including phenoxy) is 2. The first-order valence-corrected chi connectivity index (χ1v) is 7.24. The molecule has 0 amide bonds. The lowest BCUT2D eigenvalue weighted by molar-refractivity contribution is -0.176. The van der Waals surface area contributed by atoms with Gasteiger partial charge in [-0.15, -0.1) is 0 Å². The third-order valence-electron chi connectivity index (χ3n) is 2.68. The Balaban J connectivity index is 3.74. The summed E-state index contributed by atoms with van der Waals surface area (Å²) in [6.45, 7) is 3.93. The number of unbranched alkanes of at least 4 members (excludes halogenated alkanes) is 2. The maximum atomic E-state index is 11.3. The van der Waals surface area contributed by atoms with E-state index >= 15 is 0 Å². The van der Waals surface area contributed by atoms with Crippen molar-refractivity contribution >= 4 is 11.9 Å². The van der Waals surface area contributed by atoms with E-state index in [1.807, 2.05) is 13.8 Å². The molecule has 0 aliphatic heterocycles. The van der Waals surface area contributed by atoms with Crippen LogP contribution in [0.25, 0.3) is 0 Å². The average Bonchev–Trinajstić information content (AvgIpc) is 2.40. The molecule has 2 unspecified atom stereocenters. The summed E-state index contributed by atoms with van der Waals surface area (Å²) < 4.78 is 9.44. The van der Waals surface area contributed by atoms with E-state index in [2.05, 4.69) is 0 Å². The summed E-state index contributed by atoms with van der Waals surface area (Å²) in [7, 11) is 0. The van der Waals surface area contributed by atoms with Crippen LogP contribution in [0.4, 0.5) is 0 Å². The number of aliphatic hydroxyl groups excluding tert-OH is 2. The standard InChI is InChI=1S/C14H26O6/c1-3-5-7-11(15)19-13(17)9-10-14(18)20-12(16)8-6-4-2/h11-12,15-16H,3-10H2,1-2H3. The van der Waals surface area contributed by atoms with Crippen LogP contribution < -0.4 is 0 Å². The Morgan fingerprint density at radius 3 is 1.50 bits per heavy atom. The number of hydrogen-bond donors (Lipinski definition) is 2. The van der Waals surface area contributed by atoms with E-state index in [-0.39, 0.29) is 12.8 Å². The SMILES string of the molecule is CCCCC(O)OC(=O)CCC(=O)OC(O)CCCC. The minimum Gasteiger partial charge on any atom is -0.436 e. The first-order valence-electron chi connectivity index (χ1n) is 7.24. The molecule has 2 N–H and O–H groups in total. The van der Waals surface area contributed by atoms with Crippen molar-refractivity contribution in [1.82, 2.24) is 0 Å². The van der Waals surface area contributed by atoms with Gasteiger partial charge < -0.3 is 19.7 Å². The van der Waals surface area contributed by atoms with Gasteiger partial charge >= 0.3 is 11.9 Å². The second-order valence-electron chi connectivity index (χ2n) is 4.67. The van der Waals surface area contributed by atoms with Crippen molar-refractivity contribution in [3.05, 3.63) is 0 Å². The Bertz CT molecular complexity index is 251. The van der Waals surface area contributed by atoms with Gasteiger partial charge in [0.1, 0.15) is 0 Å². The summed E-state index contributed by atoms with van der Waals surface area (Å²) in [6, 6.07) is 0. The van der Waals surface area contributed by atoms with Crippen molar-refractivity contribution in [3.8, 4) is 0 Å². The molecular weight excluding hydrogens is 264 g/mol. The molecule has 0 aliphatic rings. The van der Waals surface area contributed by atoms with Crippen LogP contribution in [-0.2, 0) is 19.1 Å². The molecule has 0 fully saturated rings. The Hall–Kier alpha value is -1.14. The molecule has 6 heteroatoms. The van der Waals surface area contributed by atoms with Crippen molar-refractivity contribution < 1.29 is 29.3 Å². The highest BCUT2D eigenvalue weighted by Gasteiger charge is 2.15. The van der Waals surface area contributed by atoms with E-state index in [1.165, 1.54) is 0 Å². The molecule has 0 aromatic heterocycles. The van der Waals surface area contributed by atoms with Crippen LogP contribution in [0.3, 0.4) is 0 Å². The summed E-state index contributed by atoms with van der Waals surface area (Å²) in [4.78, 5) is 22.7. The minimum absolute atomic E-state index is 0.164. The van der Waals surface area contributed by atoms with Gasteiger partial charge in [-0.05, 0) is 12.8 Å². The summed E-state index contributed by atoms with van der Waals surface area (Å²) >= 11 is 0. The fourth-order valence-corrected chi connectivity index (χ4v) is 1.50. The van der Waals surface area contributed by atoms with Crippen LogP contribution >= 0.6 is 0 Å². The van der Waals surface area contributed by atoms with Crippen molar-refractivity contribution in [2.24, 2.45) is 0 Å². The molecule has 0 saturated heterocycles. The molecule has 0 rings (SSSR count). The highest BCUT2D eigenvalue weighted by molar-refractivity contribution is 5.77. The summed E-state index contributed by atoms with van der Waals surface area (Å²) in [5.74, 6) is -1.29. The molecule has 0 aromatic rings. The van der Waals surface area contributed by atoms with Gasteiger partial charge in [0.2, 0.25) is 12.6 Å². The topological polar surface area (TPSA) is 93.1 Å². The van der Waals surface area contributed by atoms with Crippen molar-refractivity contribution in [2.75, 3.05) is 0 Å². The predicted molar refractivity (Wildman–Crippen MR) is 72.5 cm³/mol. The third kappa shape index (κ3) is 10.8. The van der Waals surface area contributed by atoms with Gasteiger partial charge in [-0.2, -0.15) is 0 Å². The van der Waals surface area contributed by atoms with Gasteiger partial charge in [0.25, 0.3) is 0 Å². The van der Waals surface area contributed by atoms with Gasteiger partial charge in [0.05, 0.1) is 12.8 Å². The number of carbonyl (C=O) groups is 2. The Morgan fingerprint density at radius 1 is 0.850 bits per heavy atom. The molecule has 20 heavy (non-hydrogen) atoms. The van der Waals surface area contributed by atoms with E-state index < -0.39 is 24.5 Å². The van der Waals surface area contributed by atoms with Gasteiger partial charge in [-0.1, -0.05) is 26.7 Å². The summed E-state index contributed by atoms with van der Waals surface area (Å²) in [5.41, 5.74) is 0. The van der Waals surface area contributed by atoms with Gasteiger partial charge in [-0.3, -0.25) is 9.59 Å². The highest BCUT2D eigenvalue weighted by Crippen LogP contribution is 2.07. The lowest BCUT2D eigenvalue weighted by Crippen LogP contribution is -2.21. The van der Waals surface area contributed by atoms with E-state index in [0.717, 1.165) is 25.7 Å². The molecule has 0 aromatic carbocycles. The fraction of sp³-hybridized carbons (Fsp3) is 0.857. The first-order chi connectivity index (χ1) is 9.49. The van der Waals surface area contributed by atoms with E-state index in [1.54, 1.807) is 0 Å². The molecule has 0 bridgehead atoms. The second kappa shape index (κ2) is 11.7. The van der Waals surface area contributed by atoms with Crippen LogP contribution in [0.15, 0.2) is 0 Å². The monoisotopic (exact) mass is 290 g/mol. The second-order valence-corrected chi connectivity index (χ2v) is 4.67. The zero-order chi connectivity index (χ0) is 15.4. The van der Waals surface area contributed by atoms with E-state index in [9.17, 15) is 19.8 Å². The normalized spacial score (nSPS) is 13.6. The molecule has 0 spiro atoms. The number of rotatable bonds is 11. The summed E-state index contributed by atoms with van der Waals surface area (Å²) in [5, 5.41) is 18.7. The van der Waals surface area contributed by atoms with Crippen LogP contribution in [0.5, 0.6) is 0 Å². The molecule has 0 aliphatic carbocycles. The van der Waals surface area contributed by atoms with Crippen LogP contribution in [-0.4, -0.2) is 34.7 Å². The highest BCUT2D eigenvalue weighted by atomic mass is 16.6. The summed E-state index contributed by atoms with van der Waals surface area (Å²) in [6.07, 6.45) is 1.55. The van der Waals surface area contributed by atoms with E-state index in [4.69, 9.17) is 9.47 Å². The quantitative estimate of drug-likeness (QED) is 0.446. The van der Waals surface area contributed by atoms with Crippen molar-refractivity contribution in [1.29, 1.82) is 0 Å². The van der Waals surface area contributed by atoms with Crippen molar-refractivity contribution in [2.45, 2.75) is 77.8 Å². The van der Waals surface area contributed by atoms with Crippen LogP contribution in [0, 0.1) is 0 Å². The average molecular weight is 290 g/mol. The van der Waals surface area contributed by atoms with Crippen LogP contribution in [0.2, 0.25) is 0 Å². The third-order valence-corrected chi connectivity index (χ3v) is 2.68. The number of esters is 2. The van der Waals surface area contributed by atoms with E-state index in [0.29, 0.717) is 12.8 Å². The number of carbonyl (C=O) groups excluding carboxylic acids is 2. The Labute approximate surface area is 120 Å². The number of aliphatic hydroxyl groups is 2. The van der Waals surface area contributed by atoms with Gasteiger partial charge in [0.15, 0.2) is 0 Å². The zero-order valence-electron chi connectivity index (χ0n) is 12.3. The minimum atomic E-state index is -1.12. The maximum Gasteiger partial charge on any atom is 0.308 e. The Kier molecular flexibility index (Phi) is 11.0. The largest absolute Gasteiger partial charge is 0.436 e. The maximum absolute atomic E-state index is 11.3.